The van der Waals surface area contributed by atoms with Crippen molar-refractivity contribution in [1.29, 1.82) is 0 Å². The maximum absolute atomic E-state index is 6.10. The van der Waals surface area contributed by atoms with E-state index >= 15 is 0 Å². The first kappa shape index (κ1) is 15.0. The molecule has 0 aliphatic carbocycles. The predicted molar refractivity (Wildman–Crippen MR) is 87.8 cm³/mol. The van der Waals surface area contributed by atoms with Crippen LogP contribution >= 0.6 is 15.9 Å². The summed E-state index contributed by atoms with van der Waals surface area (Å²) in [7, 11) is 0. The molecule has 4 heteroatoms. The summed E-state index contributed by atoms with van der Waals surface area (Å²) in [6.45, 7) is 7.11. The molecule has 1 aromatic heterocycles. The molecule has 0 fully saturated rings. The maximum atomic E-state index is 6.10. The quantitative estimate of drug-likeness (QED) is 0.895. The van der Waals surface area contributed by atoms with Crippen molar-refractivity contribution < 1.29 is 0 Å². The van der Waals surface area contributed by atoms with Crippen LogP contribution in [0.1, 0.15) is 35.2 Å². The third-order valence-electron chi connectivity index (χ3n) is 3.40. The van der Waals surface area contributed by atoms with E-state index in [-0.39, 0.29) is 6.04 Å². The Labute approximate surface area is 128 Å². The Bertz CT molecular complexity index is 590. The maximum Gasteiger partial charge on any atom is 0.128 e. The van der Waals surface area contributed by atoms with Crippen LogP contribution in [0.4, 0.5) is 5.82 Å². The first-order valence-electron chi connectivity index (χ1n) is 6.75. The fraction of sp³-hybridized carbons (Fsp3) is 0.312. The van der Waals surface area contributed by atoms with Crippen molar-refractivity contribution in [2.75, 3.05) is 12.3 Å². The minimum absolute atomic E-state index is 0.0451. The number of hydrogen-bond donors (Lipinski definition) is 2. The Morgan fingerprint density at radius 3 is 2.65 bits per heavy atom. The van der Waals surface area contributed by atoms with Crippen LogP contribution in [0.5, 0.6) is 0 Å². The Morgan fingerprint density at radius 2 is 2.05 bits per heavy atom. The number of pyridine rings is 1. The first-order chi connectivity index (χ1) is 9.54. The lowest BCUT2D eigenvalue weighted by Crippen LogP contribution is -2.24. The second-order valence-electron chi connectivity index (χ2n) is 4.94. The largest absolute Gasteiger partial charge is 0.383 e. The van der Waals surface area contributed by atoms with E-state index in [1.165, 1.54) is 11.1 Å². The van der Waals surface area contributed by atoms with Gasteiger partial charge in [0.25, 0.3) is 0 Å². The van der Waals surface area contributed by atoms with Crippen molar-refractivity contribution in [3.8, 4) is 0 Å². The molecular weight excluding hydrogens is 314 g/mol. The molecule has 1 heterocycles. The van der Waals surface area contributed by atoms with Gasteiger partial charge < -0.3 is 11.1 Å². The van der Waals surface area contributed by atoms with E-state index in [0.29, 0.717) is 5.82 Å². The molecule has 0 radical (unpaired) electrons. The van der Waals surface area contributed by atoms with Crippen LogP contribution in [0.25, 0.3) is 0 Å². The van der Waals surface area contributed by atoms with Gasteiger partial charge >= 0.3 is 0 Å². The molecular formula is C16H20BrN3. The van der Waals surface area contributed by atoms with E-state index in [1.807, 2.05) is 6.07 Å². The van der Waals surface area contributed by atoms with E-state index in [2.05, 4.69) is 65.2 Å². The fourth-order valence-electron chi connectivity index (χ4n) is 2.40. The van der Waals surface area contributed by atoms with Crippen molar-refractivity contribution in [2.45, 2.75) is 26.8 Å². The SMILES string of the molecule is CCNC(c1ccc(C)cc1Br)c1c(C)ccnc1N. The topological polar surface area (TPSA) is 50.9 Å². The minimum Gasteiger partial charge on any atom is -0.383 e. The van der Waals surface area contributed by atoms with Gasteiger partial charge in [0.2, 0.25) is 0 Å². The lowest BCUT2D eigenvalue weighted by Gasteiger charge is -2.23. The summed E-state index contributed by atoms with van der Waals surface area (Å²) in [5, 5.41) is 3.51. The van der Waals surface area contributed by atoms with Crippen LogP contribution in [-0.4, -0.2) is 11.5 Å². The van der Waals surface area contributed by atoms with E-state index in [4.69, 9.17) is 5.73 Å². The molecule has 0 amide bonds. The summed E-state index contributed by atoms with van der Waals surface area (Å²) in [6.07, 6.45) is 1.75. The van der Waals surface area contributed by atoms with E-state index in [9.17, 15) is 0 Å². The summed E-state index contributed by atoms with van der Waals surface area (Å²) in [6, 6.07) is 8.42. The highest BCUT2D eigenvalue weighted by atomic mass is 79.9. The lowest BCUT2D eigenvalue weighted by molar-refractivity contribution is 0.625. The van der Waals surface area contributed by atoms with Crippen molar-refractivity contribution in [3.63, 3.8) is 0 Å². The molecule has 1 unspecified atom stereocenters. The molecule has 3 nitrogen and oxygen atoms in total. The second-order valence-corrected chi connectivity index (χ2v) is 5.80. The summed E-state index contributed by atoms with van der Waals surface area (Å²) >= 11 is 3.66. The van der Waals surface area contributed by atoms with Crippen molar-refractivity contribution in [2.24, 2.45) is 0 Å². The molecule has 106 valence electrons. The number of nitrogen functional groups attached to an aromatic ring is 1. The summed E-state index contributed by atoms with van der Waals surface area (Å²) in [4.78, 5) is 4.24. The van der Waals surface area contributed by atoms with Gasteiger partial charge in [0.05, 0.1) is 6.04 Å². The van der Waals surface area contributed by atoms with Gasteiger partial charge in [-0.1, -0.05) is 35.0 Å². The molecule has 0 spiro atoms. The standard InChI is InChI=1S/C16H20BrN3/c1-4-19-15(12-6-5-10(2)9-13(12)17)14-11(3)7-8-20-16(14)18/h5-9,15,19H,4H2,1-3H3,(H2,18,20). The number of benzene rings is 1. The van der Waals surface area contributed by atoms with Gasteiger partial charge in [0, 0.05) is 16.2 Å². The van der Waals surface area contributed by atoms with Gasteiger partial charge in [0.15, 0.2) is 0 Å². The van der Waals surface area contributed by atoms with Crippen molar-refractivity contribution >= 4 is 21.7 Å². The number of nitrogens with zero attached hydrogens (tertiary/aromatic N) is 1. The number of aromatic nitrogens is 1. The monoisotopic (exact) mass is 333 g/mol. The smallest absolute Gasteiger partial charge is 0.128 e. The van der Waals surface area contributed by atoms with Crippen LogP contribution < -0.4 is 11.1 Å². The molecule has 1 atom stereocenters. The van der Waals surface area contributed by atoms with Gasteiger partial charge in [-0.2, -0.15) is 0 Å². The van der Waals surface area contributed by atoms with Gasteiger partial charge in [-0.3, -0.25) is 0 Å². The van der Waals surface area contributed by atoms with E-state index in [0.717, 1.165) is 22.1 Å². The van der Waals surface area contributed by atoms with Gasteiger partial charge in [-0.15, -0.1) is 0 Å². The lowest BCUT2D eigenvalue weighted by atomic mass is 9.95. The minimum atomic E-state index is 0.0451. The molecule has 2 rings (SSSR count). The highest BCUT2D eigenvalue weighted by Crippen LogP contribution is 2.33. The number of nitrogens with two attached hydrogens (primary N) is 1. The van der Waals surface area contributed by atoms with E-state index in [1.54, 1.807) is 6.20 Å². The molecule has 2 aromatic rings. The van der Waals surface area contributed by atoms with Crippen molar-refractivity contribution in [3.05, 3.63) is 57.2 Å². The molecule has 20 heavy (non-hydrogen) atoms. The van der Waals surface area contributed by atoms with Crippen LogP contribution in [0, 0.1) is 13.8 Å². The third-order valence-corrected chi connectivity index (χ3v) is 4.09. The van der Waals surface area contributed by atoms with Crippen LogP contribution in [0.2, 0.25) is 0 Å². The Balaban J connectivity index is 2.56. The Morgan fingerprint density at radius 1 is 1.30 bits per heavy atom. The zero-order chi connectivity index (χ0) is 14.7. The Kier molecular flexibility index (Phi) is 4.78. The summed E-state index contributed by atoms with van der Waals surface area (Å²) in [5.41, 5.74) is 10.7. The van der Waals surface area contributed by atoms with Gasteiger partial charge in [-0.25, -0.2) is 4.98 Å². The molecule has 0 saturated heterocycles. The number of nitrogens with one attached hydrogen (secondary N) is 1. The molecule has 0 saturated carbocycles. The predicted octanol–water partition coefficient (Wildman–Crippen LogP) is 3.74. The third kappa shape index (κ3) is 3.02. The number of rotatable bonds is 4. The molecule has 0 aliphatic rings. The van der Waals surface area contributed by atoms with Gasteiger partial charge in [-0.05, 0) is 49.2 Å². The molecule has 3 N–H and O–H groups in total. The number of hydrogen-bond acceptors (Lipinski definition) is 3. The van der Waals surface area contributed by atoms with Crippen LogP contribution in [0.15, 0.2) is 34.9 Å². The van der Waals surface area contributed by atoms with E-state index < -0.39 is 0 Å². The second kappa shape index (κ2) is 6.37. The molecule has 1 aromatic carbocycles. The number of halogens is 1. The van der Waals surface area contributed by atoms with Crippen molar-refractivity contribution in [1.82, 2.24) is 10.3 Å². The number of anilines is 1. The normalized spacial score (nSPS) is 12.4. The average Bonchev–Trinajstić information content (AvgIpc) is 2.38. The first-order valence-corrected chi connectivity index (χ1v) is 7.54. The molecule has 0 aliphatic heterocycles. The number of aryl methyl sites for hydroxylation is 2. The Hall–Kier alpha value is -1.39. The zero-order valence-electron chi connectivity index (χ0n) is 12.1. The molecule has 0 bridgehead atoms. The van der Waals surface area contributed by atoms with Gasteiger partial charge in [0.1, 0.15) is 5.82 Å². The van der Waals surface area contributed by atoms with Crippen LogP contribution in [-0.2, 0) is 0 Å². The summed E-state index contributed by atoms with van der Waals surface area (Å²) in [5.74, 6) is 0.587. The zero-order valence-corrected chi connectivity index (χ0v) is 13.7. The highest BCUT2D eigenvalue weighted by molar-refractivity contribution is 9.10. The van der Waals surface area contributed by atoms with Crippen LogP contribution in [0.3, 0.4) is 0 Å². The fourth-order valence-corrected chi connectivity index (χ4v) is 3.13. The highest BCUT2D eigenvalue weighted by Gasteiger charge is 2.20. The summed E-state index contributed by atoms with van der Waals surface area (Å²) < 4.78 is 1.09. The average molecular weight is 334 g/mol.